The summed E-state index contributed by atoms with van der Waals surface area (Å²) >= 11 is 12.7. The summed E-state index contributed by atoms with van der Waals surface area (Å²) in [6.45, 7) is 1.39. The second-order valence-electron chi connectivity index (χ2n) is 6.85. The van der Waals surface area contributed by atoms with Crippen LogP contribution in [0.15, 0.2) is 36.4 Å². The molecule has 1 aliphatic rings. The Labute approximate surface area is 170 Å². The van der Waals surface area contributed by atoms with Crippen LogP contribution in [0.2, 0.25) is 10.0 Å². The molecule has 0 aromatic heterocycles. The number of anilines is 1. The predicted molar refractivity (Wildman–Crippen MR) is 110 cm³/mol. The first-order valence-corrected chi connectivity index (χ1v) is 10.5. The van der Waals surface area contributed by atoms with Crippen molar-refractivity contribution in [3.05, 3.63) is 63.1 Å². The number of benzene rings is 2. The molecule has 2 N–H and O–H groups in total. The summed E-state index contributed by atoms with van der Waals surface area (Å²) in [6, 6.07) is 10.9. The van der Waals surface area contributed by atoms with Crippen LogP contribution in [0, 0.1) is 0 Å². The van der Waals surface area contributed by atoms with Crippen molar-refractivity contribution in [2.75, 3.05) is 32.1 Å². The maximum Gasteiger partial charge on any atom is 0.316 e. The van der Waals surface area contributed by atoms with E-state index in [1.807, 2.05) is 25.2 Å². The van der Waals surface area contributed by atoms with Gasteiger partial charge < -0.3 is 4.90 Å². The number of halogens is 2. The zero-order valence-corrected chi connectivity index (χ0v) is 17.7. The molecule has 6 nitrogen and oxygen atoms in total. The normalized spacial score (nSPS) is 17.8. The van der Waals surface area contributed by atoms with E-state index in [1.165, 1.54) is 14.1 Å². The van der Waals surface area contributed by atoms with Crippen molar-refractivity contribution in [2.45, 2.75) is 12.5 Å². The third kappa shape index (κ3) is 3.81. The molecule has 0 amide bonds. The highest BCUT2D eigenvalue weighted by Crippen LogP contribution is 2.41. The van der Waals surface area contributed by atoms with Gasteiger partial charge in [-0.2, -0.15) is 17.1 Å². The Bertz CT molecular complexity index is 966. The van der Waals surface area contributed by atoms with Crippen LogP contribution in [0.5, 0.6) is 0 Å². The van der Waals surface area contributed by atoms with Crippen LogP contribution in [-0.2, 0) is 16.8 Å². The molecule has 1 unspecified atom stereocenters. The highest BCUT2D eigenvalue weighted by atomic mass is 35.5. The van der Waals surface area contributed by atoms with E-state index >= 15 is 0 Å². The van der Waals surface area contributed by atoms with Crippen LogP contribution in [0.3, 0.4) is 0 Å². The Hall–Kier alpha value is -1.35. The lowest BCUT2D eigenvalue weighted by Crippen LogP contribution is -2.45. The molecular formula is C18H22Cl2N4O2S. The minimum atomic E-state index is -3.82. The van der Waals surface area contributed by atoms with E-state index in [-0.39, 0.29) is 5.92 Å². The smallest absolute Gasteiger partial charge is 0.301 e. The van der Waals surface area contributed by atoms with Crippen LogP contribution in [-0.4, -0.2) is 45.3 Å². The van der Waals surface area contributed by atoms with Crippen LogP contribution < -0.4 is 10.3 Å². The van der Waals surface area contributed by atoms with E-state index in [4.69, 9.17) is 29.0 Å². The molecule has 0 aliphatic carbocycles. The van der Waals surface area contributed by atoms with Gasteiger partial charge in [-0.25, -0.2) is 5.84 Å². The van der Waals surface area contributed by atoms with E-state index in [1.54, 1.807) is 18.2 Å². The minimum absolute atomic E-state index is 0.116. The quantitative estimate of drug-likeness (QED) is 0.599. The molecule has 0 spiro atoms. The van der Waals surface area contributed by atoms with Crippen molar-refractivity contribution < 1.29 is 8.42 Å². The van der Waals surface area contributed by atoms with Gasteiger partial charge in [0.2, 0.25) is 0 Å². The molecule has 1 aliphatic heterocycles. The van der Waals surface area contributed by atoms with E-state index in [9.17, 15) is 8.42 Å². The first-order chi connectivity index (χ1) is 12.6. The molecule has 2 aromatic rings. The Balaban J connectivity index is 2.17. The average Bonchev–Trinajstić information content (AvgIpc) is 2.61. The van der Waals surface area contributed by atoms with E-state index in [2.05, 4.69) is 4.90 Å². The van der Waals surface area contributed by atoms with Gasteiger partial charge in [0.15, 0.2) is 0 Å². The first kappa shape index (κ1) is 20.4. The molecule has 1 atom stereocenters. The molecule has 146 valence electrons. The fraction of sp³-hybridized carbons (Fsp3) is 0.333. The summed E-state index contributed by atoms with van der Waals surface area (Å²) in [5, 5.41) is 1.16. The molecule has 1 heterocycles. The van der Waals surface area contributed by atoms with Gasteiger partial charge in [0, 0.05) is 43.1 Å². The number of fused-ring (bicyclic) bond motifs is 1. The summed E-state index contributed by atoms with van der Waals surface area (Å²) in [5.41, 5.74) is 3.22. The number of hydrazine groups is 1. The number of hydrogen-bond acceptors (Lipinski definition) is 4. The van der Waals surface area contributed by atoms with E-state index < -0.39 is 10.2 Å². The third-order valence-electron chi connectivity index (χ3n) is 4.75. The summed E-state index contributed by atoms with van der Waals surface area (Å²) in [5.74, 6) is 5.92. The van der Waals surface area contributed by atoms with Crippen molar-refractivity contribution in [3.8, 4) is 0 Å². The standard InChI is InChI=1S/C18H22Cl2N4O2S/c1-22(2)27(25,26)24(21)18-7-5-4-6-13(18)15-10-23(3)11-16-14(15)8-12(19)9-17(16)20/h4-9,15H,10-11,21H2,1-3H3. The van der Waals surface area contributed by atoms with Gasteiger partial charge in [-0.1, -0.05) is 41.4 Å². The number of likely N-dealkylation sites (N-methyl/N-ethyl adjacent to an activating group) is 1. The van der Waals surface area contributed by atoms with Crippen molar-refractivity contribution in [1.82, 2.24) is 9.21 Å². The fourth-order valence-corrected chi connectivity index (χ4v) is 4.73. The summed E-state index contributed by atoms with van der Waals surface area (Å²) in [4.78, 5) is 2.14. The molecule has 0 bridgehead atoms. The minimum Gasteiger partial charge on any atom is -0.301 e. The monoisotopic (exact) mass is 428 g/mol. The zero-order chi connectivity index (χ0) is 19.9. The molecule has 9 heteroatoms. The Morgan fingerprint density at radius 1 is 1.15 bits per heavy atom. The Morgan fingerprint density at radius 2 is 1.81 bits per heavy atom. The molecular weight excluding hydrogens is 407 g/mol. The lowest BCUT2D eigenvalue weighted by atomic mass is 9.84. The second kappa shape index (κ2) is 7.58. The Morgan fingerprint density at radius 3 is 2.48 bits per heavy atom. The van der Waals surface area contributed by atoms with Gasteiger partial charge in [-0.05, 0) is 41.9 Å². The topological polar surface area (TPSA) is 69.9 Å². The van der Waals surface area contributed by atoms with Crippen molar-refractivity contribution in [2.24, 2.45) is 5.84 Å². The van der Waals surface area contributed by atoms with Crippen molar-refractivity contribution >= 4 is 39.1 Å². The van der Waals surface area contributed by atoms with Gasteiger partial charge in [0.1, 0.15) is 0 Å². The maximum absolute atomic E-state index is 12.6. The van der Waals surface area contributed by atoms with Crippen molar-refractivity contribution in [1.29, 1.82) is 0 Å². The highest BCUT2D eigenvalue weighted by molar-refractivity contribution is 7.90. The van der Waals surface area contributed by atoms with Crippen LogP contribution in [0.25, 0.3) is 0 Å². The largest absolute Gasteiger partial charge is 0.316 e. The number of para-hydroxylation sites is 1. The van der Waals surface area contributed by atoms with Gasteiger partial charge in [-0.3, -0.25) is 0 Å². The van der Waals surface area contributed by atoms with Gasteiger partial charge in [0.25, 0.3) is 0 Å². The fourth-order valence-electron chi connectivity index (χ4n) is 3.39. The van der Waals surface area contributed by atoms with E-state index in [0.29, 0.717) is 28.8 Å². The molecule has 0 saturated carbocycles. The summed E-state index contributed by atoms with van der Waals surface area (Å²) < 4.78 is 27.0. The van der Waals surface area contributed by atoms with Crippen LogP contribution >= 0.6 is 23.2 Å². The number of rotatable bonds is 4. The molecule has 0 fully saturated rings. The molecule has 0 saturated heterocycles. The average molecular weight is 429 g/mol. The molecule has 2 aromatic carbocycles. The van der Waals surface area contributed by atoms with E-state index in [0.717, 1.165) is 25.4 Å². The maximum atomic E-state index is 12.6. The number of nitrogens with zero attached hydrogens (tertiary/aromatic N) is 3. The zero-order valence-electron chi connectivity index (χ0n) is 15.4. The number of nitrogens with two attached hydrogens (primary N) is 1. The van der Waals surface area contributed by atoms with Crippen LogP contribution in [0.4, 0.5) is 5.69 Å². The molecule has 0 radical (unpaired) electrons. The highest BCUT2D eigenvalue weighted by Gasteiger charge is 2.31. The number of hydrogen-bond donors (Lipinski definition) is 1. The first-order valence-electron chi connectivity index (χ1n) is 8.35. The lowest BCUT2D eigenvalue weighted by Gasteiger charge is -2.35. The Kier molecular flexibility index (Phi) is 5.72. The summed E-state index contributed by atoms with van der Waals surface area (Å²) in [7, 11) is 1.07. The molecule has 3 rings (SSSR count). The lowest BCUT2D eigenvalue weighted by molar-refractivity contribution is 0.295. The van der Waals surface area contributed by atoms with Crippen molar-refractivity contribution in [3.63, 3.8) is 0 Å². The third-order valence-corrected chi connectivity index (χ3v) is 6.92. The van der Waals surface area contributed by atoms with Crippen LogP contribution in [0.1, 0.15) is 22.6 Å². The predicted octanol–water partition coefficient (Wildman–Crippen LogP) is 3.06. The van der Waals surface area contributed by atoms with Gasteiger partial charge >= 0.3 is 10.2 Å². The van der Waals surface area contributed by atoms with Gasteiger partial charge in [-0.15, -0.1) is 0 Å². The molecule has 27 heavy (non-hydrogen) atoms. The van der Waals surface area contributed by atoms with Gasteiger partial charge in [0.05, 0.1) is 5.69 Å². The second-order valence-corrected chi connectivity index (χ2v) is 9.71. The SMILES string of the molecule is CN1Cc2c(Cl)cc(Cl)cc2C(c2ccccc2N(N)S(=O)(=O)N(C)C)C1. The summed E-state index contributed by atoms with van der Waals surface area (Å²) in [6.07, 6.45) is 0.